The molecule has 0 aliphatic carbocycles. The van der Waals surface area contributed by atoms with Crippen molar-refractivity contribution in [2.24, 2.45) is 5.16 Å². The zero-order valence-corrected chi connectivity index (χ0v) is 15.9. The van der Waals surface area contributed by atoms with Crippen molar-refractivity contribution in [2.75, 3.05) is 25.5 Å². The Morgan fingerprint density at radius 2 is 2.29 bits per heavy atom. The van der Waals surface area contributed by atoms with Gasteiger partial charge < -0.3 is 14.9 Å². The van der Waals surface area contributed by atoms with E-state index in [9.17, 15) is 4.79 Å². The van der Waals surface area contributed by atoms with Crippen molar-refractivity contribution in [2.45, 2.75) is 31.4 Å². The van der Waals surface area contributed by atoms with Crippen molar-refractivity contribution < 1.29 is 14.4 Å². The summed E-state index contributed by atoms with van der Waals surface area (Å²) >= 11 is 0. The van der Waals surface area contributed by atoms with Crippen LogP contribution in [0.15, 0.2) is 53.9 Å². The topological polar surface area (TPSA) is 76.0 Å². The number of methoxy groups -OCH3 is 1. The van der Waals surface area contributed by atoms with Gasteiger partial charge in [-0.25, -0.2) is 0 Å². The van der Waals surface area contributed by atoms with E-state index in [-0.39, 0.29) is 5.91 Å². The molecule has 1 amide bonds. The molecule has 7 heteroatoms. The first-order chi connectivity index (χ1) is 13.7. The number of oxime groups is 1. The Morgan fingerprint density at radius 3 is 3.11 bits per heavy atom. The van der Waals surface area contributed by atoms with Crippen molar-refractivity contribution in [3.05, 3.63) is 54.4 Å². The first-order valence-corrected chi connectivity index (χ1v) is 9.48. The lowest BCUT2D eigenvalue weighted by Crippen LogP contribution is -2.48. The summed E-state index contributed by atoms with van der Waals surface area (Å²) in [6, 6.07) is 11.7. The maximum atomic E-state index is 12.5. The number of piperidine rings is 1. The molecule has 146 valence electrons. The summed E-state index contributed by atoms with van der Waals surface area (Å²) in [6.07, 6.45) is 5.71. The number of nitrogens with zero attached hydrogens (tertiary/aromatic N) is 3. The Labute approximate surface area is 164 Å². The van der Waals surface area contributed by atoms with Gasteiger partial charge in [-0.1, -0.05) is 17.3 Å². The van der Waals surface area contributed by atoms with E-state index in [2.05, 4.69) is 32.5 Å². The van der Waals surface area contributed by atoms with E-state index in [1.165, 1.54) is 5.56 Å². The highest BCUT2D eigenvalue weighted by molar-refractivity contribution is 6.43. The average molecular weight is 380 g/mol. The fraction of sp³-hybridized carbons (Fsp3) is 0.381. The number of pyridine rings is 1. The van der Waals surface area contributed by atoms with Crippen molar-refractivity contribution in [3.8, 4) is 5.75 Å². The molecule has 7 nitrogen and oxygen atoms in total. The van der Waals surface area contributed by atoms with Crippen molar-refractivity contribution >= 4 is 17.3 Å². The molecule has 1 unspecified atom stereocenters. The van der Waals surface area contributed by atoms with E-state index in [1.54, 1.807) is 31.6 Å². The van der Waals surface area contributed by atoms with Crippen LogP contribution in [0.25, 0.3) is 0 Å². The number of hydrogen-bond donors (Lipinski definition) is 1. The molecule has 1 spiro atoms. The van der Waals surface area contributed by atoms with Gasteiger partial charge >= 0.3 is 0 Å². The van der Waals surface area contributed by atoms with Gasteiger partial charge in [-0.05, 0) is 49.2 Å². The molecule has 1 aromatic heterocycles. The Balaban J connectivity index is 1.37. The van der Waals surface area contributed by atoms with Crippen LogP contribution in [-0.2, 0) is 16.2 Å². The third kappa shape index (κ3) is 4.14. The minimum absolute atomic E-state index is 0.227. The lowest BCUT2D eigenvalue weighted by Gasteiger charge is -2.38. The van der Waals surface area contributed by atoms with Crippen molar-refractivity contribution in [1.29, 1.82) is 0 Å². The summed E-state index contributed by atoms with van der Waals surface area (Å²) < 4.78 is 5.32. The summed E-state index contributed by atoms with van der Waals surface area (Å²) in [6.45, 7) is 2.57. The van der Waals surface area contributed by atoms with E-state index in [4.69, 9.17) is 9.57 Å². The van der Waals surface area contributed by atoms with Crippen molar-refractivity contribution in [1.82, 2.24) is 9.88 Å². The van der Waals surface area contributed by atoms with Crippen LogP contribution in [0.3, 0.4) is 0 Å². The standard InChI is InChI=1S/C21H24N4O3/c1-27-18-7-2-5-16(11-18)14-25-10-4-8-21(15-25)12-19(24-28-21)20(26)23-17-6-3-9-22-13-17/h2-3,5-7,9,11,13H,4,8,10,12,14-15H2,1H3,(H,23,26). The van der Waals surface area contributed by atoms with Crippen LogP contribution >= 0.6 is 0 Å². The second kappa shape index (κ2) is 7.98. The molecule has 3 heterocycles. The van der Waals surface area contributed by atoms with Crippen LogP contribution in [0.4, 0.5) is 5.69 Å². The van der Waals surface area contributed by atoms with Gasteiger partial charge in [0.15, 0.2) is 5.60 Å². The normalized spacial score (nSPS) is 21.8. The molecule has 0 saturated carbocycles. The smallest absolute Gasteiger partial charge is 0.273 e. The van der Waals surface area contributed by atoms with E-state index in [0.29, 0.717) is 17.8 Å². The molecule has 4 rings (SSSR count). The van der Waals surface area contributed by atoms with Gasteiger partial charge in [0.1, 0.15) is 11.5 Å². The highest BCUT2D eigenvalue weighted by Crippen LogP contribution is 2.34. The molecular formula is C21H24N4O3. The Bertz CT molecular complexity index is 871. The molecule has 0 radical (unpaired) electrons. The van der Waals surface area contributed by atoms with Crippen molar-refractivity contribution in [3.63, 3.8) is 0 Å². The Hall–Kier alpha value is -2.93. The summed E-state index contributed by atoms with van der Waals surface area (Å²) in [5.74, 6) is 0.633. The third-order valence-corrected chi connectivity index (χ3v) is 5.18. The largest absolute Gasteiger partial charge is 0.497 e. The van der Waals surface area contributed by atoms with E-state index in [1.807, 2.05) is 12.1 Å². The average Bonchev–Trinajstić information content (AvgIpc) is 3.12. The molecule has 1 N–H and O–H groups in total. The van der Waals surface area contributed by atoms with Gasteiger partial charge in [0.25, 0.3) is 5.91 Å². The molecule has 0 bridgehead atoms. The van der Waals surface area contributed by atoms with Crippen LogP contribution in [0.2, 0.25) is 0 Å². The Kier molecular flexibility index (Phi) is 5.25. The van der Waals surface area contributed by atoms with E-state index in [0.717, 1.165) is 38.2 Å². The number of carbonyl (C=O) groups excluding carboxylic acids is 1. The second-order valence-corrected chi connectivity index (χ2v) is 7.35. The SMILES string of the molecule is COc1cccc(CN2CCCC3(CC(C(=O)Nc4cccnc4)=NO3)C2)c1. The van der Waals surface area contributed by atoms with Gasteiger partial charge in [0.2, 0.25) is 0 Å². The maximum Gasteiger partial charge on any atom is 0.273 e. The lowest BCUT2D eigenvalue weighted by atomic mass is 9.88. The van der Waals surface area contributed by atoms with Gasteiger partial charge in [0, 0.05) is 25.7 Å². The minimum Gasteiger partial charge on any atom is -0.497 e. The molecule has 28 heavy (non-hydrogen) atoms. The number of hydrogen-bond acceptors (Lipinski definition) is 6. The van der Waals surface area contributed by atoms with Crippen LogP contribution in [0.5, 0.6) is 5.75 Å². The number of carbonyl (C=O) groups is 1. The number of amides is 1. The highest BCUT2D eigenvalue weighted by atomic mass is 16.7. The lowest BCUT2D eigenvalue weighted by molar-refractivity contribution is -0.110. The zero-order chi connectivity index (χ0) is 19.4. The molecule has 2 aliphatic rings. The molecule has 1 atom stereocenters. The predicted octanol–water partition coefficient (Wildman–Crippen LogP) is 2.84. The molecule has 2 aliphatic heterocycles. The zero-order valence-electron chi connectivity index (χ0n) is 15.9. The second-order valence-electron chi connectivity index (χ2n) is 7.35. The monoisotopic (exact) mass is 380 g/mol. The number of likely N-dealkylation sites (tertiary alicyclic amines) is 1. The number of nitrogens with one attached hydrogen (secondary N) is 1. The number of benzene rings is 1. The minimum atomic E-state index is -0.418. The molecule has 2 aromatic rings. The first kappa shape index (κ1) is 18.4. The number of aromatic nitrogens is 1. The third-order valence-electron chi connectivity index (χ3n) is 5.18. The van der Waals surface area contributed by atoms with E-state index < -0.39 is 5.60 Å². The summed E-state index contributed by atoms with van der Waals surface area (Å²) in [4.78, 5) is 24.7. The van der Waals surface area contributed by atoms with Gasteiger partial charge in [-0.2, -0.15) is 0 Å². The highest BCUT2D eigenvalue weighted by Gasteiger charge is 2.44. The van der Waals surface area contributed by atoms with Gasteiger partial charge in [-0.15, -0.1) is 0 Å². The summed E-state index contributed by atoms with van der Waals surface area (Å²) in [5.41, 5.74) is 1.87. The summed E-state index contributed by atoms with van der Waals surface area (Å²) in [7, 11) is 1.68. The summed E-state index contributed by atoms with van der Waals surface area (Å²) in [5, 5.41) is 6.94. The fourth-order valence-electron chi connectivity index (χ4n) is 3.86. The predicted molar refractivity (Wildman–Crippen MR) is 106 cm³/mol. The first-order valence-electron chi connectivity index (χ1n) is 9.48. The van der Waals surface area contributed by atoms with Crippen LogP contribution < -0.4 is 10.1 Å². The molecule has 1 aromatic carbocycles. The molecule has 1 fully saturated rings. The molecule has 1 saturated heterocycles. The number of anilines is 1. The van der Waals surface area contributed by atoms with Gasteiger partial charge in [-0.3, -0.25) is 14.7 Å². The molecular weight excluding hydrogens is 356 g/mol. The maximum absolute atomic E-state index is 12.5. The number of ether oxygens (including phenoxy) is 1. The number of rotatable bonds is 5. The van der Waals surface area contributed by atoms with Crippen LogP contribution in [0.1, 0.15) is 24.8 Å². The van der Waals surface area contributed by atoms with Crippen LogP contribution in [-0.4, -0.2) is 47.3 Å². The quantitative estimate of drug-likeness (QED) is 0.863. The van der Waals surface area contributed by atoms with Gasteiger partial charge in [0.05, 0.1) is 19.0 Å². The fourth-order valence-corrected chi connectivity index (χ4v) is 3.86. The van der Waals surface area contributed by atoms with Crippen LogP contribution in [0, 0.1) is 0 Å². The van der Waals surface area contributed by atoms with E-state index >= 15 is 0 Å². The Morgan fingerprint density at radius 1 is 1.36 bits per heavy atom.